The minimum Gasteiger partial charge on any atom is -0.457 e. The van der Waals surface area contributed by atoms with E-state index in [1.807, 2.05) is 48.5 Å². The van der Waals surface area contributed by atoms with Gasteiger partial charge >= 0.3 is 0 Å². The maximum absolute atomic E-state index is 5.88. The van der Waals surface area contributed by atoms with Crippen LogP contribution in [0.25, 0.3) is 0 Å². The standard InChI is InChI=1S/C20H25N3O2.HI/c1-21-20(23-15-19-11-6-12-24-19)22-14-16-7-5-10-18(13-16)25-17-8-3-2-4-9-17;/h2-5,7-10,13,19H,6,11-12,14-15H2,1H3,(H2,21,22,23);1H. The van der Waals surface area contributed by atoms with Crippen molar-refractivity contribution >= 4 is 29.9 Å². The highest BCUT2D eigenvalue weighted by Gasteiger charge is 2.15. The van der Waals surface area contributed by atoms with Crippen molar-refractivity contribution < 1.29 is 9.47 Å². The second-order valence-corrected chi connectivity index (χ2v) is 6.00. The Morgan fingerprint density at radius 1 is 1.12 bits per heavy atom. The Morgan fingerprint density at radius 2 is 1.92 bits per heavy atom. The molecule has 1 aliphatic rings. The van der Waals surface area contributed by atoms with Crippen LogP contribution >= 0.6 is 24.0 Å². The zero-order valence-electron chi connectivity index (χ0n) is 15.0. The number of nitrogens with one attached hydrogen (secondary N) is 2. The molecule has 0 spiro atoms. The van der Waals surface area contributed by atoms with Gasteiger partial charge in [0, 0.05) is 26.7 Å². The van der Waals surface area contributed by atoms with Crippen LogP contribution in [0.2, 0.25) is 0 Å². The first-order chi connectivity index (χ1) is 12.3. The lowest BCUT2D eigenvalue weighted by molar-refractivity contribution is 0.114. The molecule has 2 aromatic rings. The monoisotopic (exact) mass is 467 g/mol. The Hall–Kier alpha value is -1.80. The second kappa shape index (κ2) is 11.0. The van der Waals surface area contributed by atoms with E-state index in [0.717, 1.165) is 49.0 Å². The molecule has 6 heteroatoms. The summed E-state index contributed by atoms with van der Waals surface area (Å²) >= 11 is 0. The lowest BCUT2D eigenvalue weighted by atomic mass is 10.2. The molecule has 0 aliphatic carbocycles. The Morgan fingerprint density at radius 3 is 2.65 bits per heavy atom. The predicted octanol–water partition coefficient (Wildman–Crippen LogP) is 3.94. The summed E-state index contributed by atoms with van der Waals surface area (Å²) in [5.41, 5.74) is 1.13. The first kappa shape index (κ1) is 20.5. The smallest absolute Gasteiger partial charge is 0.191 e. The molecule has 1 fully saturated rings. The van der Waals surface area contributed by atoms with Crippen molar-refractivity contribution in [2.75, 3.05) is 20.2 Å². The van der Waals surface area contributed by atoms with E-state index in [9.17, 15) is 0 Å². The van der Waals surface area contributed by atoms with Crippen LogP contribution < -0.4 is 15.4 Å². The number of hydrogen-bond acceptors (Lipinski definition) is 3. The van der Waals surface area contributed by atoms with E-state index < -0.39 is 0 Å². The number of halogens is 1. The number of ether oxygens (including phenoxy) is 2. The summed E-state index contributed by atoms with van der Waals surface area (Å²) in [6, 6.07) is 17.9. The number of guanidine groups is 1. The normalized spacial score (nSPS) is 16.7. The van der Waals surface area contributed by atoms with Crippen molar-refractivity contribution in [3.05, 3.63) is 60.2 Å². The van der Waals surface area contributed by atoms with Crippen LogP contribution in [-0.2, 0) is 11.3 Å². The van der Waals surface area contributed by atoms with Gasteiger partial charge in [0.25, 0.3) is 0 Å². The predicted molar refractivity (Wildman–Crippen MR) is 116 cm³/mol. The second-order valence-electron chi connectivity index (χ2n) is 6.00. The van der Waals surface area contributed by atoms with E-state index in [1.165, 1.54) is 0 Å². The molecule has 0 aromatic heterocycles. The minimum absolute atomic E-state index is 0. The maximum Gasteiger partial charge on any atom is 0.191 e. The van der Waals surface area contributed by atoms with Gasteiger partial charge in [-0.2, -0.15) is 0 Å². The van der Waals surface area contributed by atoms with Gasteiger partial charge in [0.05, 0.1) is 6.10 Å². The SMILES string of the molecule is CN=C(NCc1cccc(Oc2ccccc2)c1)NCC1CCCO1.I. The van der Waals surface area contributed by atoms with E-state index in [2.05, 4.69) is 21.7 Å². The number of para-hydroxylation sites is 1. The Kier molecular flexibility index (Phi) is 8.70. The molecule has 2 aromatic carbocycles. The van der Waals surface area contributed by atoms with E-state index in [1.54, 1.807) is 7.05 Å². The molecule has 26 heavy (non-hydrogen) atoms. The summed E-state index contributed by atoms with van der Waals surface area (Å²) in [6.45, 7) is 2.33. The molecule has 1 saturated heterocycles. The maximum atomic E-state index is 5.88. The largest absolute Gasteiger partial charge is 0.457 e. The van der Waals surface area contributed by atoms with E-state index in [4.69, 9.17) is 9.47 Å². The van der Waals surface area contributed by atoms with Gasteiger partial charge in [-0.25, -0.2) is 0 Å². The summed E-state index contributed by atoms with van der Waals surface area (Å²) in [4.78, 5) is 4.26. The van der Waals surface area contributed by atoms with Crippen LogP contribution in [0, 0.1) is 0 Å². The van der Waals surface area contributed by atoms with Crippen LogP contribution in [0.5, 0.6) is 11.5 Å². The average Bonchev–Trinajstić information content (AvgIpc) is 3.17. The molecular formula is C20H26IN3O2. The van der Waals surface area contributed by atoms with Gasteiger partial charge in [-0.05, 0) is 42.7 Å². The van der Waals surface area contributed by atoms with Crippen molar-refractivity contribution in [2.24, 2.45) is 4.99 Å². The molecule has 1 unspecified atom stereocenters. The summed E-state index contributed by atoms with van der Waals surface area (Å²) in [5, 5.41) is 6.65. The molecule has 0 amide bonds. The number of benzene rings is 2. The van der Waals surface area contributed by atoms with E-state index in [0.29, 0.717) is 12.6 Å². The summed E-state index contributed by atoms with van der Waals surface area (Å²) in [6.07, 6.45) is 2.55. The molecule has 1 heterocycles. The van der Waals surface area contributed by atoms with Crippen LogP contribution in [0.3, 0.4) is 0 Å². The number of aliphatic imine (C=N–C) groups is 1. The number of nitrogens with zero attached hydrogens (tertiary/aromatic N) is 1. The summed E-state index contributed by atoms with van der Waals surface area (Å²) < 4.78 is 11.5. The molecular weight excluding hydrogens is 441 g/mol. The van der Waals surface area contributed by atoms with Crippen molar-refractivity contribution in [2.45, 2.75) is 25.5 Å². The van der Waals surface area contributed by atoms with Crippen LogP contribution in [0.15, 0.2) is 59.6 Å². The Labute approximate surface area is 172 Å². The lowest BCUT2D eigenvalue weighted by Gasteiger charge is -2.15. The third-order valence-electron chi connectivity index (χ3n) is 4.08. The Balaban J connectivity index is 0.00000243. The fourth-order valence-corrected chi connectivity index (χ4v) is 2.77. The molecule has 0 saturated carbocycles. The van der Waals surface area contributed by atoms with Crippen LogP contribution in [-0.4, -0.2) is 32.3 Å². The molecule has 0 bridgehead atoms. The first-order valence-corrected chi connectivity index (χ1v) is 8.71. The number of rotatable bonds is 6. The van der Waals surface area contributed by atoms with Crippen molar-refractivity contribution in [1.29, 1.82) is 0 Å². The third kappa shape index (κ3) is 6.49. The molecule has 0 radical (unpaired) electrons. The summed E-state index contributed by atoms with van der Waals surface area (Å²) in [7, 11) is 1.78. The van der Waals surface area contributed by atoms with Crippen molar-refractivity contribution in [1.82, 2.24) is 10.6 Å². The fraction of sp³-hybridized carbons (Fsp3) is 0.350. The first-order valence-electron chi connectivity index (χ1n) is 8.71. The lowest BCUT2D eigenvalue weighted by Crippen LogP contribution is -2.40. The van der Waals surface area contributed by atoms with Crippen LogP contribution in [0.1, 0.15) is 18.4 Å². The topological polar surface area (TPSA) is 54.9 Å². The molecule has 5 nitrogen and oxygen atoms in total. The van der Waals surface area contributed by atoms with Gasteiger partial charge in [-0.3, -0.25) is 4.99 Å². The van der Waals surface area contributed by atoms with Gasteiger partial charge in [0.2, 0.25) is 0 Å². The molecule has 1 aliphatic heterocycles. The molecule has 3 rings (SSSR count). The van der Waals surface area contributed by atoms with Gasteiger partial charge in [0.15, 0.2) is 5.96 Å². The highest BCUT2D eigenvalue weighted by molar-refractivity contribution is 14.0. The molecule has 2 N–H and O–H groups in total. The minimum atomic E-state index is 0. The zero-order valence-corrected chi connectivity index (χ0v) is 17.3. The summed E-state index contributed by atoms with van der Waals surface area (Å²) in [5.74, 6) is 2.44. The van der Waals surface area contributed by atoms with Crippen molar-refractivity contribution in [3.8, 4) is 11.5 Å². The average molecular weight is 467 g/mol. The zero-order chi connectivity index (χ0) is 17.3. The van der Waals surface area contributed by atoms with Gasteiger partial charge < -0.3 is 20.1 Å². The molecule has 1 atom stereocenters. The van der Waals surface area contributed by atoms with E-state index in [-0.39, 0.29) is 24.0 Å². The molecule has 140 valence electrons. The highest BCUT2D eigenvalue weighted by Crippen LogP contribution is 2.21. The van der Waals surface area contributed by atoms with Crippen molar-refractivity contribution in [3.63, 3.8) is 0 Å². The fourth-order valence-electron chi connectivity index (χ4n) is 2.77. The number of hydrogen-bond donors (Lipinski definition) is 2. The van der Waals surface area contributed by atoms with E-state index >= 15 is 0 Å². The van der Waals surface area contributed by atoms with Gasteiger partial charge in [-0.1, -0.05) is 30.3 Å². The highest BCUT2D eigenvalue weighted by atomic mass is 127. The third-order valence-corrected chi connectivity index (χ3v) is 4.08. The van der Waals surface area contributed by atoms with Gasteiger partial charge in [0.1, 0.15) is 11.5 Å². The quantitative estimate of drug-likeness (QED) is 0.384. The van der Waals surface area contributed by atoms with Crippen LogP contribution in [0.4, 0.5) is 0 Å². The Bertz CT molecular complexity index is 688. The van der Waals surface area contributed by atoms with Gasteiger partial charge in [-0.15, -0.1) is 24.0 Å².